The SMILES string of the molecule is COc1cc2c(cc1OC)[C@@H](CCCc1c[nH]c3ccccc13)N(C=O)CC2. The molecule has 1 amide bonds. The molecule has 0 aliphatic carbocycles. The van der Waals surface area contributed by atoms with Gasteiger partial charge in [0.1, 0.15) is 0 Å². The molecule has 0 bridgehead atoms. The molecule has 28 heavy (non-hydrogen) atoms. The van der Waals surface area contributed by atoms with Crippen molar-refractivity contribution in [2.75, 3.05) is 20.8 Å². The topological polar surface area (TPSA) is 54.6 Å². The number of amides is 1. The van der Waals surface area contributed by atoms with E-state index in [1.807, 2.05) is 17.0 Å². The number of aromatic amines is 1. The number of fused-ring (bicyclic) bond motifs is 2. The zero-order chi connectivity index (χ0) is 19.5. The van der Waals surface area contributed by atoms with Crippen LogP contribution < -0.4 is 9.47 Å². The molecule has 0 saturated carbocycles. The highest BCUT2D eigenvalue weighted by Crippen LogP contribution is 2.39. The lowest BCUT2D eigenvalue weighted by Crippen LogP contribution is -2.34. The van der Waals surface area contributed by atoms with Crippen LogP contribution in [0.25, 0.3) is 10.9 Å². The molecule has 1 N–H and O–H groups in total. The number of carbonyl (C=O) groups is 1. The summed E-state index contributed by atoms with van der Waals surface area (Å²) in [6.45, 7) is 0.740. The Balaban J connectivity index is 1.55. The van der Waals surface area contributed by atoms with E-state index < -0.39 is 0 Å². The Morgan fingerprint density at radius 1 is 1.18 bits per heavy atom. The van der Waals surface area contributed by atoms with E-state index in [2.05, 4.69) is 35.4 Å². The summed E-state index contributed by atoms with van der Waals surface area (Å²) < 4.78 is 10.9. The van der Waals surface area contributed by atoms with Crippen LogP contribution >= 0.6 is 0 Å². The number of nitrogens with one attached hydrogen (secondary N) is 1. The number of ether oxygens (including phenoxy) is 2. The van der Waals surface area contributed by atoms with Gasteiger partial charge in [-0.1, -0.05) is 18.2 Å². The van der Waals surface area contributed by atoms with Gasteiger partial charge in [0, 0.05) is 23.6 Å². The average molecular weight is 378 g/mol. The molecule has 0 spiro atoms. The van der Waals surface area contributed by atoms with Crippen molar-refractivity contribution in [3.63, 3.8) is 0 Å². The number of hydrogen-bond donors (Lipinski definition) is 1. The minimum absolute atomic E-state index is 0.0752. The Morgan fingerprint density at radius 2 is 1.96 bits per heavy atom. The summed E-state index contributed by atoms with van der Waals surface area (Å²) in [5.41, 5.74) is 4.92. The average Bonchev–Trinajstić information content (AvgIpc) is 3.16. The van der Waals surface area contributed by atoms with Crippen molar-refractivity contribution in [2.24, 2.45) is 0 Å². The number of rotatable bonds is 7. The quantitative estimate of drug-likeness (QED) is 0.625. The fourth-order valence-electron chi connectivity index (χ4n) is 4.32. The first kappa shape index (κ1) is 18.4. The van der Waals surface area contributed by atoms with Gasteiger partial charge in [0.15, 0.2) is 11.5 Å². The molecule has 1 aliphatic heterocycles. The molecule has 1 aliphatic rings. The second-order valence-electron chi connectivity index (χ2n) is 7.27. The highest BCUT2D eigenvalue weighted by molar-refractivity contribution is 5.83. The number of aromatic nitrogens is 1. The summed E-state index contributed by atoms with van der Waals surface area (Å²) >= 11 is 0. The number of aryl methyl sites for hydroxylation is 1. The van der Waals surface area contributed by atoms with Gasteiger partial charge in [0.05, 0.1) is 20.3 Å². The molecule has 0 radical (unpaired) electrons. The van der Waals surface area contributed by atoms with Gasteiger partial charge in [-0.15, -0.1) is 0 Å². The Labute approximate surface area is 165 Å². The molecule has 1 aromatic heterocycles. The molecule has 2 aromatic carbocycles. The summed E-state index contributed by atoms with van der Waals surface area (Å²) in [5.74, 6) is 1.47. The maximum absolute atomic E-state index is 11.7. The molecule has 5 heteroatoms. The zero-order valence-electron chi connectivity index (χ0n) is 16.4. The van der Waals surface area contributed by atoms with E-state index in [0.717, 1.165) is 50.1 Å². The Morgan fingerprint density at radius 3 is 2.75 bits per heavy atom. The zero-order valence-corrected chi connectivity index (χ0v) is 16.4. The third-order valence-electron chi connectivity index (χ3n) is 5.78. The fraction of sp³-hybridized carbons (Fsp3) is 0.348. The van der Waals surface area contributed by atoms with E-state index in [-0.39, 0.29) is 6.04 Å². The molecule has 146 valence electrons. The van der Waals surface area contributed by atoms with Crippen LogP contribution in [-0.4, -0.2) is 37.1 Å². The van der Waals surface area contributed by atoms with Gasteiger partial charge in [-0.25, -0.2) is 0 Å². The highest BCUT2D eigenvalue weighted by atomic mass is 16.5. The van der Waals surface area contributed by atoms with E-state index in [1.54, 1.807) is 14.2 Å². The number of H-pyrrole nitrogens is 1. The van der Waals surface area contributed by atoms with Crippen LogP contribution in [0.1, 0.15) is 35.6 Å². The molecule has 0 saturated heterocycles. The van der Waals surface area contributed by atoms with Crippen molar-refractivity contribution in [3.8, 4) is 11.5 Å². The van der Waals surface area contributed by atoms with Crippen LogP contribution in [-0.2, 0) is 17.6 Å². The number of hydrogen-bond acceptors (Lipinski definition) is 3. The van der Waals surface area contributed by atoms with Gasteiger partial charge >= 0.3 is 0 Å². The Kier molecular flexibility index (Phi) is 5.24. The number of benzene rings is 2. The number of nitrogens with zero attached hydrogens (tertiary/aromatic N) is 1. The maximum atomic E-state index is 11.7. The van der Waals surface area contributed by atoms with Crippen LogP contribution in [0.15, 0.2) is 42.6 Å². The third kappa shape index (κ3) is 3.33. The molecule has 1 atom stereocenters. The lowest BCUT2D eigenvalue weighted by atomic mass is 9.89. The molecule has 4 rings (SSSR count). The van der Waals surface area contributed by atoms with E-state index in [9.17, 15) is 4.79 Å². The van der Waals surface area contributed by atoms with Crippen LogP contribution in [0.5, 0.6) is 11.5 Å². The minimum Gasteiger partial charge on any atom is -0.493 e. The summed E-state index contributed by atoms with van der Waals surface area (Å²) in [5, 5.41) is 1.28. The number of para-hydroxylation sites is 1. The van der Waals surface area contributed by atoms with E-state index in [0.29, 0.717) is 0 Å². The molecule has 3 aromatic rings. The van der Waals surface area contributed by atoms with Crippen molar-refractivity contribution in [3.05, 3.63) is 59.3 Å². The molecular formula is C23H26N2O3. The first-order chi connectivity index (χ1) is 13.7. The molecule has 2 heterocycles. The molecule has 0 fully saturated rings. The van der Waals surface area contributed by atoms with Crippen molar-refractivity contribution in [1.29, 1.82) is 0 Å². The first-order valence-corrected chi connectivity index (χ1v) is 9.76. The first-order valence-electron chi connectivity index (χ1n) is 9.76. The van der Waals surface area contributed by atoms with Crippen LogP contribution in [0, 0.1) is 0 Å². The van der Waals surface area contributed by atoms with Gasteiger partial charge in [0.25, 0.3) is 0 Å². The van der Waals surface area contributed by atoms with Gasteiger partial charge in [0.2, 0.25) is 6.41 Å². The van der Waals surface area contributed by atoms with Crippen LogP contribution in [0.3, 0.4) is 0 Å². The van der Waals surface area contributed by atoms with Crippen LogP contribution in [0.4, 0.5) is 0 Å². The predicted molar refractivity (Wildman–Crippen MR) is 110 cm³/mol. The van der Waals surface area contributed by atoms with Gasteiger partial charge < -0.3 is 19.4 Å². The highest BCUT2D eigenvalue weighted by Gasteiger charge is 2.28. The van der Waals surface area contributed by atoms with Gasteiger partial charge in [-0.05, 0) is 60.6 Å². The monoisotopic (exact) mass is 378 g/mol. The van der Waals surface area contributed by atoms with Crippen molar-refractivity contribution in [1.82, 2.24) is 9.88 Å². The minimum atomic E-state index is 0.0752. The van der Waals surface area contributed by atoms with Gasteiger partial charge in [-0.3, -0.25) is 4.79 Å². The summed E-state index contributed by atoms with van der Waals surface area (Å²) in [6, 6.07) is 12.6. The summed E-state index contributed by atoms with van der Waals surface area (Å²) in [4.78, 5) is 17.0. The van der Waals surface area contributed by atoms with E-state index in [1.165, 1.54) is 27.6 Å². The molecular weight excluding hydrogens is 352 g/mol. The second kappa shape index (κ2) is 7.97. The Hall–Kier alpha value is -2.95. The number of methoxy groups -OCH3 is 2. The summed E-state index contributed by atoms with van der Waals surface area (Å²) in [6.07, 6.45) is 6.83. The standard InChI is InChI=1S/C23H26N2O3/c1-27-22-12-16-10-11-25(15-26)21(19(16)13-23(22)28-2)9-5-6-17-14-24-20-8-4-3-7-18(17)20/h3-4,7-8,12-15,21,24H,5-6,9-11H2,1-2H3/t21-/m1/s1. The van der Waals surface area contributed by atoms with Crippen LogP contribution in [0.2, 0.25) is 0 Å². The van der Waals surface area contributed by atoms with E-state index in [4.69, 9.17) is 9.47 Å². The van der Waals surface area contributed by atoms with E-state index >= 15 is 0 Å². The fourth-order valence-corrected chi connectivity index (χ4v) is 4.32. The lowest BCUT2D eigenvalue weighted by Gasteiger charge is -2.35. The third-order valence-corrected chi connectivity index (χ3v) is 5.78. The lowest BCUT2D eigenvalue weighted by molar-refractivity contribution is -0.120. The molecule has 0 unspecified atom stereocenters. The summed E-state index contributed by atoms with van der Waals surface area (Å²) in [7, 11) is 3.31. The second-order valence-corrected chi connectivity index (χ2v) is 7.27. The number of carbonyl (C=O) groups excluding carboxylic acids is 1. The largest absolute Gasteiger partial charge is 0.493 e. The Bertz CT molecular complexity index is 979. The normalized spacial score (nSPS) is 16.1. The maximum Gasteiger partial charge on any atom is 0.210 e. The van der Waals surface area contributed by atoms with Gasteiger partial charge in [-0.2, -0.15) is 0 Å². The van der Waals surface area contributed by atoms with Crippen molar-refractivity contribution < 1.29 is 14.3 Å². The van der Waals surface area contributed by atoms with Crippen molar-refractivity contribution in [2.45, 2.75) is 31.7 Å². The predicted octanol–water partition coefficient (Wildman–Crippen LogP) is 4.26. The molecule has 5 nitrogen and oxygen atoms in total. The van der Waals surface area contributed by atoms with Crippen molar-refractivity contribution >= 4 is 17.3 Å². The smallest absolute Gasteiger partial charge is 0.210 e.